The summed E-state index contributed by atoms with van der Waals surface area (Å²) in [5.41, 5.74) is 0.990. The number of carbonyl (C=O) groups is 1. The van der Waals surface area contributed by atoms with Gasteiger partial charge >= 0.3 is 6.03 Å². The van der Waals surface area contributed by atoms with Gasteiger partial charge in [-0.2, -0.15) is 4.37 Å². The monoisotopic (exact) mass is 338 g/mol. The lowest BCUT2D eigenvalue weighted by Gasteiger charge is -2.28. The number of benzene rings is 1. The van der Waals surface area contributed by atoms with Gasteiger partial charge in [-0.15, -0.1) is 0 Å². The summed E-state index contributed by atoms with van der Waals surface area (Å²) in [6.45, 7) is 2.58. The molecule has 1 aliphatic heterocycles. The molecule has 1 N–H and O–H groups in total. The summed E-state index contributed by atoms with van der Waals surface area (Å²) in [4.78, 5) is 18.0. The number of fused-ring (bicyclic) bond motifs is 1. The van der Waals surface area contributed by atoms with Crippen LogP contribution in [0.3, 0.4) is 0 Å². The van der Waals surface area contributed by atoms with E-state index in [0.29, 0.717) is 35.0 Å². The van der Waals surface area contributed by atoms with E-state index >= 15 is 0 Å². The fourth-order valence-corrected chi connectivity index (χ4v) is 3.19. The summed E-state index contributed by atoms with van der Waals surface area (Å²) < 4.78 is 31.2. The van der Waals surface area contributed by atoms with Gasteiger partial charge in [0.25, 0.3) is 0 Å². The molecule has 0 fully saturated rings. The number of nitrogens with one attached hydrogen (secondary N) is 1. The van der Waals surface area contributed by atoms with Crippen LogP contribution in [0.4, 0.5) is 18.7 Å². The van der Waals surface area contributed by atoms with E-state index in [1.54, 1.807) is 0 Å². The van der Waals surface area contributed by atoms with Crippen LogP contribution in [0.15, 0.2) is 12.1 Å². The quantitative estimate of drug-likeness (QED) is 0.933. The molecule has 0 spiro atoms. The molecule has 2 heterocycles. The zero-order valence-electron chi connectivity index (χ0n) is 12.6. The number of anilines is 1. The first-order chi connectivity index (χ1) is 11.1. The smallest absolute Gasteiger partial charge is 0.320 e. The molecular weight excluding hydrogens is 322 g/mol. The first kappa shape index (κ1) is 15.8. The highest BCUT2D eigenvalue weighted by Crippen LogP contribution is 2.24. The van der Waals surface area contributed by atoms with Crippen molar-refractivity contribution in [1.29, 1.82) is 0 Å². The number of carbonyl (C=O) groups excluding carboxylic acids is 1. The van der Waals surface area contributed by atoms with Gasteiger partial charge in [-0.1, -0.05) is 6.92 Å². The lowest BCUT2D eigenvalue weighted by Crippen LogP contribution is -2.39. The van der Waals surface area contributed by atoms with Crippen molar-refractivity contribution in [2.24, 2.45) is 0 Å². The van der Waals surface area contributed by atoms with E-state index < -0.39 is 11.6 Å². The van der Waals surface area contributed by atoms with E-state index in [0.717, 1.165) is 30.4 Å². The number of aromatic nitrogens is 2. The average molecular weight is 338 g/mol. The highest BCUT2D eigenvalue weighted by atomic mass is 32.1. The zero-order valence-corrected chi connectivity index (χ0v) is 13.4. The molecule has 1 aromatic carbocycles. The average Bonchev–Trinajstić information content (AvgIpc) is 2.94. The van der Waals surface area contributed by atoms with Crippen molar-refractivity contribution in [3.05, 3.63) is 40.7 Å². The number of rotatable bonds is 3. The van der Waals surface area contributed by atoms with Gasteiger partial charge in [0.15, 0.2) is 0 Å². The Hall–Kier alpha value is -2.09. The van der Waals surface area contributed by atoms with Crippen LogP contribution in [0, 0.1) is 11.6 Å². The lowest BCUT2D eigenvalue weighted by molar-refractivity contribution is 0.205. The number of urea groups is 1. The molecule has 122 valence electrons. The van der Waals surface area contributed by atoms with Crippen molar-refractivity contribution in [1.82, 2.24) is 14.3 Å². The largest absolute Gasteiger partial charge is 0.323 e. The minimum atomic E-state index is -0.628. The minimum absolute atomic E-state index is 0.177. The Kier molecular flexibility index (Phi) is 4.51. The van der Waals surface area contributed by atoms with Crippen LogP contribution in [-0.2, 0) is 19.4 Å². The van der Waals surface area contributed by atoms with E-state index in [1.165, 1.54) is 11.0 Å². The molecule has 1 aliphatic rings. The fourth-order valence-electron chi connectivity index (χ4n) is 2.58. The number of amides is 2. The molecule has 0 radical (unpaired) electrons. The molecule has 0 aliphatic carbocycles. The van der Waals surface area contributed by atoms with Crippen molar-refractivity contribution < 1.29 is 13.6 Å². The Balaban J connectivity index is 1.69. The molecule has 0 saturated heterocycles. The number of aryl methyl sites for hydroxylation is 1. The van der Waals surface area contributed by atoms with Gasteiger partial charge in [0, 0.05) is 37.1 Å². The molecule has 0 unspecified atom stereocenters. The third-order valence-electron chi connectivity index (χ3n) is 3.69. The maximum Gasteiger partial charge on any atom is 0.323 e. The fraction of sp³-hybridized carbons (Fsp3) is 0.400. The maximum absolute atomic E-state index is 13.7. The molecule has 5 nitrogen and oxygen atoms in total. The highest BCUT2D eigenvalue weighted by Gasteiger charge is 2.24. The molecular formula is C15H16F2N4OS. The normalized spacial score (nSPS) is 13.8. The van der Waals surface area contributed by atoms with E-state index in [2.05, 4.69) is 14.7 Å². The van der Waals surface area contributed by atoms with Gasteiger partial charge < -0.3 is 4.90 Å². The highest BCUT2D eigenvalue weighted by molar-refractivity contribution is 7.09. The van der Waals surface area contributed by atoms with Crippen LogP contribution in [0.2, 0.25) is 0 Å². The van der Waals surface area contributed by atoms with Crippen molar-refractivity contribution in [3.63, 3.8) is 0 Å². The Labute approximate surface area is 136 Å². The predicted octanol–water partition coefficient (Wildman–Crippen LogP) is 3.36. The van der Waals surface area contributed by atoms with E-state index in [1.807, 2.05) is 6.92 Å². The number of halogens is 2. The SMILES string of the molecule is CCCc1nsc(NC(=O)N2CCc3c(F)cc(F)cc3C2)n1. The summed E-state index contributed by atoms with van der Waals surface area (Å²) in [6, 6.07) is 1.83. The summed E-state index contributed by atoms with van der Waals surface area (Å²) in [5, 5.41) is 3.13. The van der Waals surface area contributed by atoms with Crippen LogP contribution in [-0.4, -0.2) is 26.8 Å². The Morgan fingerprint density at radius 3 is 3.04 bits per heavy atom. The first-order valence-electron chi connectivity index (χ1n) is 7.42. The van der Waals surface area contributed by atoms with Gasteiger partial charge in [-0.25, -0.2) is 18.6 Å². The van der Waals surface area contributed by atoms with E-state index in [4.69, 9.17) is 0 Å². The molecule has 0 atom stereocenters. The Morgan fingerprint density at radius 2 is 2.26 bits per heavy atom. The maximum atomic E-state index is 13.7. The second kappa shape index (κ2) is 6.57. The third kappa shape index (κ3) is 3.47. The van der Waals surface area contributed by atoms with Crippen LogP contribution in [0.25, 0.3) is 0 Å². The number of hydrogen-bond acceptors (Lipinski definition) is 4. The summed E-state index contributed by atoms with van der Waals surface area (Å²) in [5.74, 6) is -0.467. The number of hydrogen-bond donors (Lipinski definition) is 1. The standard InChI is InChI=1S/C15H16F2N4OS/c1-2-3-13-18-14(23-20-13)19-15(22)21-5-4-11-9(8-21)6-10(16)7-12(11)17/h6-7H,2-5,8H2,1H3,(H,18,19,20,22). The van der Waals surface area contributed by atoms with Gasteiger partial charge in [-0.05, 0) is 30.0 Å². The van der Waals surface area contributed by atoms with Crippen LogP contribution < -0.4 is 5.32 Å². The molecule has 2 aromatic rings. The minimum Gasteiger partial charge on any atom is -0.320 e. The van der Waals surface area contributed by atoms with Crippen molar-refractivity contribution in [3.8, 4) is 0 Å². The van der Waals surface area contributed by atoms with Gasteiger partial charge in [0.05, 0.1) is 0 Å². The molecule has 0 bridgehead atoms. The summed E-state index contributed by atoms with van der Waals surface area (Å²) >= 11 is 1.13. The molecule has 3 rings (SSSR count). The molecule has 8 heteroatoms. The zero-order chi connectivity index (χ0) is 16.4. The van der Waals surface area contributed by atoms with Crippen molar-refractivity contribution >= 4 is 22.7 Å². The van der Waals surface area contributed by atoms with Crippen molar-refractivity contribution in [2.45, 2.75) is 32.7 Å². The molecule has 0 saturated carbocycles. The summed E-state index contributed by atoms with van der Waals surface area (Å²) in [7, 11) is 0. The first-order valence-corrected chi connectivity index (χ1v) is 8.19. The second-order valence-electron chi connectivity index (χ2n) is 5.39. The Bertz CT molecular complexity index is 734. The van der Waals surface area contributed by atoms with Gasteiger partial charge in [-0.3, -0.25) is 5.32 Å². The van der Waals surface area contributed by atoms with Gasteiger partial charge in [0.2, 0.25) is 5.13 Å². The Morgan fingerprint density at radius 1 is 1.43 bits per heavy atom. The predicted molar refractivity (Wildman–Crippen MR) is 83.4 cm³/mol. The molecule has 2 amide bonds. The summed E-state index contributed by atoms with van der Waals surface area (Å²) in [6.07, 6.45) is 2.07. The van der Waals surface area contributed by atoms with Crippen LogP contribution in [0.1, 0.15) is 30.3 Å². The van der Waals surface area contributed by atoms with Crippen molar-refractivity contribution in [2.75, 3.05) is 11.9 Å². The van der Waals surface area contributed by atoms with Crippen LogP contribution in [0.5, 0.6) is 0 Å². The second-order valence-corrected chi connectivity index (χ2v) is 6.14. The van der Waals surface area contributed by atoms with E-state index in [9.17, 15) is 13.6 Å². The molecule has 23 heavy (non-hydrogen) atoms. The van der Waals surface area contributed by atoms with E-state index in [-0.39, 0.29) is 12.6 Å². The topological polar surface area (TPSA) is 58.1 Å². The lowest BCUT2D eigenvalue weighted by atomic mass is 9.99. The van der Waals surface area contributed by atoms with Gasteiger partial charge in [0.1, 0.15) is 17.5 Å². The molecule has 1 aromatic heterocycles. The third-order valence-corrected chi connectivity index (χ3v) is 4.36. The number of nitrogens with zero attached hydrogens (tertiary/aromatic N) is 3. The van der Waals surface area contributed by atoms with Crippen LogP contribution >= 0.6 is 11.5 Å².